The summed E-state index contributed by atoms with van der Waals surface area (Å²) in [7, 11) is -3.35. The second kappa shape index (κ2) is 8.10. The number of rotatable bonds is 6. The molecule has 1 aliphatic heterocycles. The van der Waals surface area contributed by atoms with Crippen LogP contribution in [0.25, 0.3) is 0 Å². The Morgan fingerprint density at radius 1 is 1.35 bits per heavy atom. The summed E-state index contributed by atoms with van der Waals surface area (Å²) in [5, 5.41) is 3.61. The number of hydrogen-bond acceptors (Lipinski definition) is 4. The molecule has 2 rings (SSSR count). The predicted molar refractivity (Wildman–Crippen MR) is 90.7 cm³/mol. The molecule has 0 unspecified atom stereocenters. The van der Waals surface area contributed by atoms with Gasteiger partial charge in [0, 0.05) is 24.2 Å². The fraction of sp³-hybridized carbons (Fsp3) is 0.533. The molecule has 0 saturated carbocycles. The van der Waals surface area contributed by atoms with Gasteiger partial charge in [0.05, 0.1) is 12.8 Å². The maximum absolute atomic E-state index is 11.8. The molecular formula is C15H22ClN3O3S. The van der Waals surface area contributed by atoms with Crippen LogP contribution in [-0.4, -0.2) is 51.2 Å². The third-order valence-corrected chi connectivity index (χ3v) is 4.61. The highest BCUT2D eigenvalue weighted by molar-refractivity contribution is 7.88. The first-order valence-electron chi connectivity index (χ1n) is 7.52. The molecule has 1 heterocycles. The maximum atomic E-state index is 11.8. The summed E-state index contributed by atoms with van der Waals surface area (Å²) in [6.45, 7) is 2.33. The fourth-order valence-corrected chi connectivity index (χ4v) is 3.16. The van der Waals surface area contributed by atoms with Crippen molar-refractivity contribution in [2.24, 2.45) is 0 Å². The molecule has 128 valence electrons. The van der Waals surface area contributed by atoms with Gasteiger partial charge in [-0.15, -0.1) is 0 Å². The lowest BCUT2D eigenvalue weighted by Crippen LogP contribution is -2.49. The van der Waals surface area contributed by atoms with Gasteiger partial charge in [0.15, 0.2) is 0 Å². The van der Waals surface area contributed by atoms with Crippen LogP contribution in [0.3, 0.4) is 0 Å². The van der Waals surface area contributed by atoms with E-state index in [4.69, 9.17) is 11.6 Å². The van der Waals surface area contributed by atoms with Crippen LogP contribution in [0.1, 0.15) is 18.4 Å². The first kappa shape index (κ1) is 18.2. The Labute approximate surface area is 142 Å². The van der Waals surface area contributed by atoms with Crippen LogP contribution in [0.2, 0.25) is 5.02 Å². The molecule has 1 atom stereocenters. The Hall–Kier alpha value is -1.15. The van der Waals surface area contributed by atoms with Crippen LogP contribution in [0.15, 0.2) is 24.3 Å². The van der Waals surface area contributed by atoms with Gasteiger partial charge in [-0.1, -0.05) is 23.7 Å². The second-order valence-electron chi connectivity index (χ2n) is 5.86. The summed E-state index contributed by atoms with van der Waals surface area (Å²) in [4.78, 5) is 14.1. The first-order valence-corrected chi connectivity index (χ1v) is 9.79. The predicted octanol–water partition coefficient (Wildman–Crippen LogP) is 0.970. The van der Waals surface area contributed by atoms with Gasteiger partial charge in [-0.05, 0) is 37.1 Å². The minimum absolute atomic E-state index is 0.0462. The van der Waals surface area contributed by atoms with Gasteiger partial charge in [-0.3, -0.25) is 9.69 Å². The standard InChI is InChI=1S/C15H22ClN3O3S/c1-23(21,22)17-9-15(20)18-14-3-2-8-19(11-14)10-12-4-6-13(16)7-5-12/h4-7,14,17H,2-3,8-11H2,1H3,(H,18,20)/t14-/m0/s1. The molecule has 23 heavy (non-hydrogen) atoms. The van der Waals surface area contributed by atoms with Crippen molar-refractivity contribution in [1.29, 1.82) is 0 Å². The van der Waals surface area contributed by atoms with Crippen molar-refractivity contribution in [2.75, 3.05) is 25.9 Å². The fourth-order valence-electron chi connectivity index (χ4n) is 2.64. The first-order chi connectivity index (χ1) is 10.8. The van der Waals surface area contributed by atoms with Gasteiger partial charge >= 0.3 is 0 Å². The summed E-state index contributed by atoms with van der Waals surface area (Å²) in [5.74, 6) is -0.297. The number of benzene rings is 1. The maximum Gasteiger partial charge on any atom is 0.235 e. The summed E-state index contributed by atoms with van der Waals surface area (Å²) in [5.41, 5.74) is 1.18. The zero-order chi connectivity index (χ0) is 16.9. The van der Waals surface area contributed by atoms with E-state index in [1.807, 2.05) is 24.3 Å². The van der Waals surface area contributed by atoms with Crippen molar-refractivity contribution in [3.8, 4) is 0 Å². The van der Waals surface area contributed by atoms with Crippen molar-refractivity contribution < 1.29 is 13.2 Å². The highest BCUT2D eigenvalue weighted by Crippen LogP contribution is 2.15. The molecule has 6 nitrogen and oxygen atoms in total. The number of carbonyl (C=O) groups is 1. The number of piperidine rings is 1. The van der Waals surface area contributed by atoms with Crippen LogP contribution in [0, 0.1) is 0 Å². The molecule has 1 fully saturated rings. The van der Waals surface area contributed by atoms with Crippen molar-refractivity contribution in [3.63, 3.8) is 0 Å². The van der Waals surface area contributed by atoms with Crippen LogP contribution >= 0.6 is 11.6 Å². The van der Waals surface area contributed by atoms with E-state index in [1.54, 1.807) is 0 Å². The number of nitrogens with one attached hydrogen (secondary N) is 2. The minimum Gasteiger partial charge on any atom is -0.351 e. The lowest BCUT2D eigenvalue weighted by atomic mass is 10.0. The normalized spacial score (nSPS) is 19.5. The van der Waals surface area contributed by atoms with E-state index in [0.717, 1.165) is 43.8 Å². The summed E-state index contributed by atoms with van der Waals surface area (Å²) >= 11 is 5.89. The number of hydrogen-bond donors (Lipinski definition) is 2. The molecule has 0 aliphatic carbocycles. The number of halogens is 1. The van der Waals surface area contributed by atoms with E-state index in [1.165, 1.54) is 5.56 Å². The molecule has 2 N–H and O–H groups in total. The number of sulfonamides is 1. The van der Waals surface area contributed by atoms with Crippen LogP contribution in [-0.2, 0) is 21.4 Å². The topological polar surface area (TPSA) is 78.5 Å². The minimum atomic E-state index is -3.35. The Balaban J connectivity index is 1.81. The average molecular weight is 360 g/mol. The Kier molecular flexibility index (Phi) is 6.41. The van der Waals surface area contributed by atoms with Crippen LogP contribution in [0.4, 0.5) is 0 Å². The molecule has 0 bridgehead atoms. The summed E-state index contributed by atoms with van der Waals surface area (Å²) in [6, 6.07) is 7.79. The van der Waals surface area contributed by atoms with E-state index < -0.39 is 10.0 Å². The van der Waals surface area contributed by atoms with Gasteiger partial charge < -0.3 is 5.32 Å². The Morgan fingerprint density at radius 3 is 2.70 bits per heavy atom. The Bertz CT molecular complexity index is 634. The molecule has 1 aliphatic rings. The van der Waals surface area contributed by atoms with E-state index in [-0.39, 0.29) is 18.5 Å². The lowest BCUT2D eigenvalue weighted by Gasteiger charge is -2.33. The van der Waals surface area contributed by atoms with E-state index >= 15 is 0 Å². The summed E-state index contributed by atoms with van der Waals surface area (Å²) < 4.78 is 24.2. The van der Waals surface area contributed by atoms with Crippen molar-refractivity contribution in [1.82, 2.24) is 14.9 Å². The smallest absolute Gasteiger partial charge is 0.235 e. The molecule has 0 aromatic heterocycles. The monoisotopic (exact) mass is 359 g/mol. The zero-order valence-corrected chi connectivity index (χ0v) is 14.7. The molecule has 1 aromatic carbocycles. The number of amides is 1. The molecule has 1 amide bonds. The molecule has 8 heteroatoms. The number of carbonyl (C=O) groups excluding carboxylic acids is 1. The summed E-state index contributed by atoms with van der Waals surface area (Å²) in [6.07, 6.45) is 2.94. The van der Waals surface area contributed by atoms with Gasteiger partial charge in [-0.25, -0.2) is 13.1 Å². The van der Waals surface area contributed by atoms with E-state index in [9.17, 15) is 13.2 Å². The molecule has 0 radical (unpaired) electrons. The zero-order valence-electron chi connectivity index (χ0n) is 13.1. The molecule has 1 saturated heterocycles. The molecule has 0 spiro atoms. The van der Waals surface area contributed by atoms with Crippen LogP contribution < -0.4 is 10.0 Å². The Morgan fingerprint density at radius 2 is 2.04 bits per heavy atom. The highest BCUT2D eigenvalue weighted by atomic mass is 35.5. The molecule has 1 aromatic rings. The van der Waals surface area contributed by atoms with Crippen molar-refractivity contribution in [3.05, 3.63) is 34.9 Å². The third-order valence-electron chi connectivity index (χ3n) is 3.68. The molecular weight excluding hydrogens is 338 g/mol. The van der Waals surface area contributed by atoms with E-state index in [2.05, 4.69) is 14.9 Å². The SMILES string of the molecule is CS(=O)(=O)NCC(=O)N[C@H]1CCCN(Cc2ccc(Cl)cc2)C1. The van der Waals surface area contributed by atoms with Crippen molar-refractivity contribution >= 4 is 27.5 Å². The van der Waals surface area contributed by atoms with Crippen LogP contribution in [0.5, 0.6) is 0 Å². The number of nitrogens with zero attached hydrogens (tertiary/aromatic N) is 1. The van der Waals surface area contributed by atoms with Gasteiger partial charge in [0.25, 0.3) is 0 Å². The largest absolute Gasteiger partial charge is 0.351 e. The average Bonchev–Trinajstić information content (AvgIpc) is 2.47. The highest BCUT2D eigenvalue weighted by Gasteiger charge is 2.21. The second-order valence-corrected chi connectivity index (χ2v) is 8.13. The number of likely N-dealkylation sites (tertiary alicyclic amines) is 1. The van der Waals surface area contributed by atoms with Crippen molar-refractivity contribution in [2.45, 2.75) is 25.4 Å². The van der Waals surface area contributed by atoms with Gasteiger partial charge in [-0.2, -0.15) is 0 Å². The quantitative estimate of drug-likeness (QED) is 0.793. The van der Waals surface area contributed by atoms with Gasteiger partial charge in [0.2, 0.25) is 15.9 Å². The lowest BCUT2D eigenvalue weighted by molar-refractivity contribution is -0.121. The van der Waals surface area contributed by atoms with E-state index in [0.29, 0.717) is 0 Å². The third kappa shape index (κ3) is 6.87. The van der Waals surface area contributed by atoms with Gasteiger partial charge in [0.1, 0.15) is 0 Å².